The van der Waals surface area contributed by atoms with Crippen LogP contribution in [0.15, 0.2) is 22.2 Å². The molecule has 0 unspecified atom stereocenters. The fourth-order valence-electron chi connectivity index (χ4n) is 3.08. The maximum Gasteiger partial charge on any atom is 0.262 e. The molecule has 5 nitrogen and oxygen atoms in total. The Bertz CT molecular complexity index is 709. The topological polar surface area (TPSA) is 71.3 Å². The van der Waals surface area contributed by atoms with Gasteiger partial charge in [-0.2, -0.15) is 5.26 Å². The van der Waals surface area contributed by atoms with Gasteiger partial charge in [0, 0.05) is 17.7 Å². The smallest absolute Gasteiger partial charge is 0.262 e. The Morgan fingerprint density at radius 3 is 2.56 bits per heavy atom. The summed E-state index contributed by atoms with van der Waals surface area (Å²) in [6.07, 6.45) is 5.93. The van der Waals surface area contributed by atoms with E-state index in [0.717, 1.165) is 23.7 Å². The summed E-state index contributed by atoms with van der Waals surface area (Å²) in [5, 5.41) is 12.4. The largest absolute Gasteiger partial charge is 0.496 e. The number of halogens is 1. The second-order valence-electron chi connectivity index (χ2n) is 6.24. The SMILES string of the molecule is COc1cc(OC)c(/C=C(\C#N)C(=O)N[C@@H]2CCCC[C@H]2C)cc1Br. The van der Waals surface area contributed by atoms with Crippen LogP contribution in [-0.4, -0.2) is 26.2 Å². The molecule has 1 aliphatic rings. The van der Waals surface area contributed by atoms with Crippen LogP contribution in [0.4, 0.5) is 0 Å². The highest BCUT2D eigenvalue weighted by Gasteiger charge is 2.24. The van der Waals surface area contributed by atoms with Crippen molar-refractivity contribution in [1.82, 2.24) is 5.32 Å². The molecule has 0 aromatic heterocycles. The molecule has 0 spiro atoms. The molecule has 1 N–H and O–H groups in total. The van der Waals surface area contributed by atoms with Crippen molar-refractivity contribution in [2.45, 2.75) is 38.6 Å². The molecule has 0 bridgehead atoms. The van der Waals surface area contributed by atoms with Crippen LogP contribution in [0.25, 0.3) is 6.08 Å². The summed E-state index contributed by atoms with van der Waals surface area (Å²) in [5.74, 6) is 1.25. The number of hydrogen-bond acceptors (Lipinski definition) is 4. The molecule has 0 aliphatic heterocycles. The number of ether oxygens (including phenoxy) is 2. The highest BCUT2D eigenvalue weighted by atomic mass is 79.9. The van der Waals surface area contributed by atoms with E-state index in [0.29, 0.717) is 23.0 Å². The van der Waals surface area contributed by atoms with Gasteiger partial charge in [-0.1, -0.05) is 19.8 Å². The number of nitriles is 1. The van der Waals surface area contributed by atoms with E-state index in [9.17, 15) is 10.1 Å². The van der Waals surface area contributed by atoms with Crippen LogP contribution in [0.2, 0.25) is 0 Å². The highest BCUT2D eigenvalue weighted by Crippen LogP contribution is 2.34. The molecule has 1 aromatic rings. The zero-order chi connectivity index (χ0) is 18.4. The molecule has 2 rings (SSSR count). The first-order chi connectivity index (χ1) is 12.0. The van der Waals surface area contributed by atoms with Crippen molar-refractivity contribution in [2.75, 3.05) is 14.2 Å². The molecule has 134 valence electrons. The molecule has 1 fully saturated rings. The molecular weight excluding hydrogens is 384 g/mol. The van der Waals surface area contributed by atoms with Crippen LogP contribution >= 0.6 is 15.9 Å². The molecule has 0 radical (unpaired) electrons. The Balaban J connectivity index is 2.26. The van der Waals surface area contributed by atoms with Gasteiger partial charge in [-0.25, -0.2) is 0 Å². The van der Waals surface area contributed by atoms with Gasteiger partial charge in [-0.15, -0.1) is 0 Å². The predicted octanol–water partition coefficient (Wildman–Crippen LogP) is 4.07. The number of nitrogens with zero attached hydrogens (tertiary/aromatic N) is 1. The second kappa shape index (κ2) is 8.91. The van der Waals surface area contributed by atoms with Crippen molar-refractivity contribution in [1.29, 1.82) is 5.26 Å². The van der Waals surface area contributed by atoms with Gasteiger partial charge >= 0.3 is 0 Å². The number of methoxy groups -OCH3 is 2. The van der Waals surface area contributed by atoms with Crippen molar-refractivity contribution in [2.24, 2.45) is 5.92 Å². The van der Waals surface area contributed by atoms with E-state index in [1.54, 1.807) is 25.3 Å². The summed E-state index contributed by atoms with van der Waals surface area (Å²) < 4.78 is 11.3. The predicted molar refractivity (Wildman–Crippen MR) is 100 cm³/mol. The van der Waals surface area contributed by atoms with Crippen LogP contribution in [-0.2, 0) is 4.79 Å². The van der Waals surface area contributed by atoms with Crippen molar-refractivity contribution in [3.8, 4) is 17.6 Å². The maximum atomic E-state index is 12.5. The van der Waals surface area contributed by atoms with Crippen molar-refractivity contribution < 1.29 is 14.3 Å². The summed E-state index contributed by atoms with van der Waals surface area (Å²) in [5.41, 5.74) is 0.701. The number of carbonyl (C=O) groups excluding carboxylic acids is 1. The normalized spacial score (nSPS) is 20.5. The third kappa shape index (κ3) is 4.76. The van der Waals surface area contributed by atoms with Crippen LogP contribution < -0.4 is 14.8 Å². The first kappa shape index (κ1) is 19.3. The van der Waals surface area contributed by atoms with E-state index in [4.69, 9.17) is 9.47 Å². The molecule has 0 saturated heterocycles. The van der Waals surface area contributed by atoms with E-state index < -0.39 is 0 Å². The minimum atomic E-state index is -0.338. The average molecular weight is 407 g/mol. The van der Waals surface area contributed by atoms with Gasteiger partial charge in [-0.3, -0.25) is 4.79 Å². The zero-order valence-corrected chi connectivity index (χ0v) is 16.4. The molecule has 25 heavy (non-hydrogen) atoms. The summed E-state index contributed by atoms with van der Waals surface area (Å²) in [6, 6.07) is 5.61. The number of rotatable bonds is 5. The van der Waals surface area contributed by atoms with E-state index in [-0.39, 0.29) is 17.5 Å². The lowest BCUT2D eigenvalue weighted by Crippen LogP contribution is -2.41. The lowest BCUT2D eigenvalue weighted by Gasteiger charge is -2.29. The minimum Gasteiger partial charge on any atom is -0.496 e. The molecule has 1 aliphatic carbocycles. The molecule has 2 atom stereocenters. The van der Waals surface area contributed by atoms with Crippen LogP contribution in [0.3, 0.4) is 0 Å². The maximum absolute atomic E-state index is 12.5. The van der Waals surface area contributed by atoms with Gasteiger partial charge in [0.1, 0.15) is 23.1 Å². The third-order valence-electron chi connectivity index (χ3n) is 4.60. The summed E-state index contributed by atoms with van der Waals surface area (Å²) in [6.45, 7) is 2.14. The van der Waals surface area contributed by atoms with Gasteiger partial charge in [0.25, 0.3) is 5.91 Å². The Labute approximate surface area is 157 Å². The Kier molecular flexibility index (Phi) is 6.89. The fraction of sp³-hybridized carbons (Fsp3) is 0.474. The van der Waals surface area contributed by atoms with Crippen molar-refractivity contribution in [3.63, 3.8) is 0 Å². The van der Waals surface area contributed by atoms with Gasteiger partial charge in [-0.05, 0) is 46.8 Å². The second-order valence-corrected chi connectivity index (χ2v) is 7.09. The van der Waals surface area contributed by atoms with Gasteiger partial charge in [0.05, 0.1) is 18.7 Å². The average Bonchev–Trinajstić information content (AvgIpc) is 2.61. The molecule has 1 aromatic carbocycles. The zero-order valence-electron chi connectivity index (χ0n) is 14.8. The van der Waals surface area contributed by atoms with Crippen LogP contribution in [0, 0.1) is 17.2 Å². The van der Waals surface area contributed by atoms with E-state index in [2.05, 4.69) is 28.2 Å². The summed E-state index contributed by atoms with van der Waals surface area (Å²) >= 11 is 3.41. The molecular formula is C19H23BrN2O3. The third-order valence-corrected chi connectivity index (χ3v) is 5.22. The minimum absolute atomic E-state index is 0.0631. The summed E-state index contributed by atoms with van der Waals surface area (Å²) in [4.78, 5) is 12.5. The Hall–Kier alpha value is -2.00. The van der Waals surface area contributed by atoms with Crippen LogP contribution in [0.5, 0.6) is 11.5 Å². The first-order valence-corrected chi connectivity index (χ1v) is 9.13. The summed E-state index contributed by atoms with van der Waals surface area (Å²) in [7, 11) is 3.10. The standard InChI is InChI=1S/C19H23BrN2O3/c1-12-6-4-5-7-16(12)22-19(23)14(11-21)8-13-9-15(20)18(25-3)10-17(13)24-2/h8-10,12,16H,4-7H2,1-3H3,(H,22,23)/b14-8+/t12-,16-/m1/s1. The van der Waals surface area contributed by atoms with E-state index >= 15 is 0 Å². The monoisotopic (exact) mass is 406 g/mol. The van der Waals surface area contributed by atoms with Gasteiger partial charge in [0.15, 0.2) is 0 Å². The molecule has 0 heterocycles. The number of carbonyl (C=O) groups is 1. The quantitative estimate of drug-likeness (QED) is 0.590. The van der Waals surface area contributed by atoms with Crippen LogP contribution in [0.1, 0.15) is 38.2 Å². The Morgan fingerprint density at radius 2 is 1.96 bits per heavy atom. The lowest BCUT2D eigenvalue weighted by molar-refractivity contribution is -0.118. The fourth-order valence-corrected chi connectivity index (χ4v) is 3.60. The number of benzene rings is 1. The number of hydrogen-bond donors (Lipinski definition) is 1. The molecule has 6 heteroatoms. The van der Waals surface area contributed by atoms with Gasteiger partial charge in [0.2, 0.25) is 0 Å². The first-order valence-electron chi connectivity index (χ1n) is 8.34. The van der Waals surface area contributed by atoms with E-state index in [1.807, 2.05) is 6.07 Å². The number of amides is 1. The Morgan fingerprint density at radius 1 is 1.28 bits per heavy atom. The highest BCUT2D eigenvalue weighted by molar-refractivity contribution is 9.10. The molecule has 1 saturated carbocycles. The van der Waals surface area contributed by atoms with Crippen molar-refractivity contribution in [3.05, 3.63) is 27.7 Å². The molecule has 1 amide bonds. The van der Waals surface area contributed by atoms with E-state index in [1.165, 1.54) is 13.5 Å². The lowest BCUT2D eigenvalue weighted by atomic mass is 9.86. The van der Waals surface area contributed by atoms with Crippen molar-refractivity contribution >= 4 is 27.9 Å². The van der Waals surface area contributed by atoms with Gasteiger partial charge < -0.3 is 14.8 Å². The number of nitrogens with one attached hydrogen (secondary N) is 1.